The molecule has 5 nitrogen and oxygen atoms in total. The normalized spacial score (nSPS) is 28.5. The van der Waals surface area contributed by atoms with Crippen LogP contribution in [0.25, 0.3) is 0 Å². The van der Waals surface area contributed by atoms with E-state index in [4.69, 9.17) is 5.14 Å². The van der Waals surface area contributed by atoms with Gasteiger partial charge in [-0.3, -0.25) is 0 Å². The van der Waals surface area contributed by atoms with Crippen LogP contribution in [0.1, 0.15) is 51.9 Å². The van der Waals surface area contributed by atoms with E-state index in [0.29, 0.717) is 12.0 Å². The monoisotopic (exact) mass is 285 g/mol. The van der Waals surface area contributed by atoms with E-state index in [0.717, 1.165) is 31.0 Å². The molecule has 1 aromatic rings. The molecule has 1 saturated carbocycles. The fourth-order valence-electron chi connectivity index (χ4n) is 2.89. The van der Waals surface area contributed by atoms with Gasteiger partial charge in [0.25, 0.3) is 10.0 Å². The smallest absolute Gasteiger partial charge is 0.257 e. The van der Waals surface area contributed by atoms with Gasteiger partial charge in [0.1, 0.15) is 5.82 Å². The lowest BCUT2D eigenvalue weighted by Crippen LogP contribution is -2.24. The first-order chi connectivity index (χ1) is 8.82. The Kier molecular flexibility index (Phi) is 4.01. The first-order valence-electron chi connectivity index (χ1n) is 6.93. The van der Waals surface area contributed by atoms with Crippen molar-refractivity contribution in [3.63, 3.8) is 0 Å². The molecule has 0 saturated heterocycles. The molecular formula is C13H23N3O2S. The molecule has 19 heavy (non-hydrogen) atoms. The molecule has 0 aliphatic heterocycles. The summed E-state index contributed by atoms with van der Waals surface area (Å²) in [5, 5.41) is 5.16. The maximum Gasteiger partial charge on any atom is 0.257 e. The molecule has 0 radical (unpaired) electrons. The van der Waals surface area contributed by atoms with Crippen LogP contribution in [0.4, 0.5) is 0 Å². The highest BCUT2D eigenvalue weighted by atomic mass is 32.2. The first kappa shape index (κ1) is 14.5. The van der Waals surface area contributed by atoms with Crippen LogP contribution >= 0.6 is 0 Å². The van der Waals surface area contributed by atoms with Gasteiger partial charge in [0.2, 0.25) is 0 Å². The third-order valence-electron chi connectivity index (χ3n) is 4.36. The van der Waals surface area contributed by atoms with Crippen LogP contribution in [0, 0.1) is 11.8 Å². The Hall–Kier alpha value is -0.880. The largest absolute Gasteiger partial charge is 0.330 e. The summed E-state index contributed by atoms with van der Waals surface area (Å²) < 4.78 is 24.9. The van der Waals surface area contributed by atoms with E-state index in [1.807, 2.05) is 11.5 Å². The van der Waals surface area contributed by atoms with E-state index in [9.17, 15) is 8.42 Å². The maximum absolute atomic E-state index is 11.4. The summed E-state index contributed by atoms with van der Waals surface area (Å²) >= 11 is 0. The fraction of sp³-hybridized carbons (Fsp3) is 0.769. The Balaban J connectivity index is 2.32. The van der Waals surface area contributed by atoms with Crippen LogP contribution in [0.5, 0.6) is 0 Å². The summed E-state index contributed by atoms with van der Waals surface area (Å²) in [5.41, 5.74) is 0. The van der Waals surface area contributed by atoms with Gasteiger partial charge >= 0.3 is 0 Å². The van der Waals surface area contributed by atoms with Crippen LogP contribution in [0.15, 0.2) is 11.2 Å². The van der Waals surface area contributed by atoms with E-state index >= 15 is 0 Å². The van der Waals surface area contributed by atoms with Crippen LogP contribution in [0.3, 0.4) is 0 Å². The number of rotatable bonds is 3. The second-order valence-electron chi connectivity index (χ2n) is 5.72. The summed E-state index contributed by atoms with van der Waals surface area (Å²) in [6, 6.07) is 0.351. The highest BCUT2D eigenvalue weighted by Crippen LogP contribution is 2.37. The molecule has 1 aliphatic carbocycles. The summed E-state index contributed by atoms with van der Waals surface area (Å²) in [4.78, 5) is 4.17. The number of primary sulfonamides is 1. The van der Waals surface area contributed by atoms with Gasteiger partial charge in [-0.15, -0.1) is 0 Å². The van der Waals surface area contributed by atoms with Gasteiger partial charge in [0, 0.05) is 18.7 Å². The van der Waals surface area contributed by atoms with Crippen molar-refractivity contribution < 1.29 is 8.42 Å². The quantitative estimate of drug-likeness (QED) is 0.923. The van der Waals surface area contributed by atoms with E-state index in [1.165, 1.54) is 6.42 Å². The second kappa shape index (κ2) is 5.25. The zero-order valence-corrected chi connectivity index (χ0v) is 12.7. The van der Waals surface area contributed by atoms with Crippen molar-refractivity contribution in [2.45, 2.75) is 57.5 Å². The van der Waals surface area contributed by atoms with Crippen LogP contribution in [0.2, 0.25) is 0 Å². The molecule has 0 aromatic carbocycles. The number of hydrogen-bond donors (Lipinski definition) is 1. The maximum atomic E-state index is 11.4. The molecule has 3 atom stereocenters. The topological polar surface area (TPSA) is 78.0 Å². The van der Waals surface area contributed by atoms with Crippen LogP contribution in [-0.2, 0) is 16.4 Å². The summed E-state index contributed by atoms with van der Waals surface area (Å²) in [6.07, 6.45) is 5.67. The fourth-order valence-corrected chi connectivity index (χ4v) is 3.39. The molecule has 0 amide bonds. The molecule has 108 valence electrons. The van der Waals surface area contributed by atoms with Gasteiger partial charge in [0.15, 0.2) is 5.03 Å². The predicted octanol–water partition coefficient (Wildman–Crippen LogP) is 2.09. The molecule has 1 aliphatic rings. The van der Waals surface area contributed by atoms with E-state index < -0.39 is 10.0 Å². The van der Waals surface area contributed by atoms with E-state index in [2.05, 4.69) is 18.8 Å². The Morgan fingerprint density at radius 2 is 2.05 bits per heavy atom. The Morgan fingerprint density at radius 3 is 2.58 bits per heavy atom. The summed E-state index contributed by atoms with van der Waals surface area (Å²) in [6.45, 7) is 6.53. The molecule has 1 heterocycles. The lowest BCUT2D eigenvalue weighted by atomic mass is 9.79. The number of sulfonamides is 1. The number of hydrogen-bond acceptors (Lipinski definition) is 3. The van der Waals surface area contributed by atoms with Crippen molar-refractivity contribution >= 4 is 10.0 Å². The molecule has 6 heteroatoms. The van der Waals surface area contributed by atoms with Crippen molar-refractivity contribution in [3.8, 4) is 0 Å². The molecule has 0 bridgehead atoms. The highest BCUT2D eigenvalue weighted by Gasteiger charge is 2.28. The molecule has 2 N–H and O–H groups in total. The van der Waals surface area contributed by atoms with Gasteiger partial charge in [0.05, 0.1) is 0 Å². The van der Waals surface area contributed by atoms with E-state index in [1.54, 1.807) is 6.20 Å². The van der Waals surface area contributed by atoms with Gasteiger partial charge in [-0.1, -0.05) is 20.8 Å². The minimum absolute atomic E-state index is 0.00405. The summed E-state index contributed by atoms with van der Waals surface area (Å²) in [7, 11) is -3.71. The Labute approximate surface area is 115 Å². The van der Waals surface area contributed by atoms with Crippen molar-refractivity contribution in [1.29, 1.82) is 0 Å². The Morgan fingerprint density at radius 1 is 1.37 bits per heavy atom. The molecular weight excluding hydrogens is 262 g/mol. The van der Waals surface area contributed by atoms with Gasteiger partial charge in [-0.2, -0.15) is 0 Å². The lowest BCUT2D eigenvalue weighted by Gasteiger charge is -2.33. The average molecular weight is 285 g/mol. The van der Waals surface area contributed by atoms with Gasteiger partial charge < -0.3 is 4.57 Å². The Bertz CT molecular complexity index is 550. The molecule has 1 fully saturated rings. The molecule has 3 unspecified atom stereocenters. The zero-order valence-electron chi connectivity index (χ0n) is 11.8. The van der Waals surface area contributed by atoms with Crippen molar-refractivity contribution in [1.82, 2.24) is 9.55 Å². The van der Waals surface area contributed by atoms with E-state index in [-0.39, 0.29) is 5.03 Å². The minimum Gasteiger partial charge on any atom is -0.330 e. The molecule has 0 spiro atoms. The SMILES string of the molecule is CCc1nc(S(N)(=O)=O)cn1C1CCC(C)C(C)C1. The third-order valence-corrected chi connectivity index (χ3v) is 5.14. The number of nitrogens with zero attached hydrogens (tertiary/aromatic N) is 2. The lowest BCUT2D eigenvalue weighted by molar-refractivity contribution is 0.208. The number of nitrogens with two attached hydrogens (primary N) is 1. The summed E-state index contributed by atoms with van der Waals surface area (Å²) in [5.74, 6) is 2.21. The van der Waals surface area contributed by atoms with Gasteiger partial charge in [-0.25, -0.2) is 18.5 Å². The van der Waals surface area contributed by atoms with Crippen LogP contribution < -0.4 is 5.14 Å². The predicted molar refractivity (Wildman–Crippen MR) is 74.2 cm³/mol. The third kappa shape index (κ3) is 3.00. The first-order valence-corrected chi connectivity index (χ1v) is 8.48. The zero-order chi connectivity index (χ0) is 14.2. The average Bonchev–Trinajstić information content (AvgIpc) is 2.76. The number of imidazole rings is 1. The number of aromatic nitrogens is 2. The second-order valence-corrected chi connectivity index (χ2v) is 7.23. The van der Waals surface area contributed by atoms with Crippen molar-refractivity contribution in [2.24, 2.45) is 17.0 Å². The van der Waals surface area contributed by atoms with Gasteiger partial charge in [-0.05, 0) is 31.1 Å². The van der Waals surface area contributed by atoms with Crippen molar-refractivity contribution in [3.05, 3.63) is 12.0 Å². The van der Waals surface area contributed by atoms with Crippen LogP contribution in [-0.4, -0.2) is 18.0 Å². The standard InChI is InChI=1S/C13H23N3O2S/c1-4-12-15-13(19(14,17)18)8-16(12)11-6-5-9(2)10(3)7-11/h8-11H,4-7H2,1-3H3,(H2,14,17,18). The minimum atomic E-state index is -3.71. The highest BCUT2D eigenvalue weighted by molar-refractivity contribution is 7.89. The molecule has 1 aromatic heterocycles. The van der Waals surface area contributed by atoms with Crippen molar-refractivity contribution in [2.75, 3.05) is 0 Å². The number of aryl methyl sites for hydroxylation is 1. The molecule has 2 rings (SSSR count).